The summed E-state index contributed by atoms with van der Waals surface area (Å²) in [5, 5.41) is 26.3. The van der Waals surface area contributed by atoms with E-state index in [0.29, 0.717) is 35.1 Å². The van der Waals surface area contributed by atoms with Gasteiger partial charge in [-0.3, -0.25) is 0 Å². The van der Waals surface area contributed by atoms with E-state index < -0.39 is 0 Å². The van der Waals surface area contributed by atoms with Crippen LogP contribution in [0.15, 0.2) is 29.4 Å². The first-order valence-electron chi connectivity index (χ1n) is 6.71. The fraction of sp³-hybridized carbons (Fsp3) is 0.333. The third-order valence-electron chi connectivity index (χ3n) is 3.15. The van der Waals surface area contributed by atoms with Crippen LogP contribution in [0.5, 0.6) is 0 Å². The Balaban J connectivity index is 2.11. The van der Waals surface area contributed by atoms with Crippen molar-refractivity contribution in [3.05, 3.63) is 30.1 Å². The van der Waals surface area contributed by atoms with Crippen molar-refractivity contribution in [2.75, 3.05) is 5.75 Å². The SMILES string of the molecule is Cn1c(SC[C@@H](C#N)CCC#N)nnc1-c1ccccc1F. The Bertz CT molecular complexity index is 728. The maximum absolute atomic E-state index is 13.8. The number of nitrogens with zero attached hydrogens (tertiary/aromatic N) is 5. The summed E-state index contributed by atoms with van der Waals surface area (Å²) in [5.41, 5.74) is 0.394. The molecular weight excluding hydrogens is 301 g/mol. The predicted molar refractivity (Wildman–Crippen MR) is 81.1 cm³/mol. The van der Waals surface area contributed by atoms with Crippen LogP contribution < -0.4 is 0 Å². The van der Waals surface area contributed by atoms with Crippen molar-refractivity contribution >= 4 is 11.8 Å². The van der Waals surface area contributed by atoms with Gasteiger partial charge in [0.25, 0.3) is 0 Å². The second-order valence-electron chi connectivity index (χ2n) is 4.68. The summed E-state index contributed by atoms with van der Waals surface area (Å²) in [7, 11) is 1.76. The molecule has 2 aromatic rings. The zero-order valence-corrected chi connectivity index (χ0v) is 12.8. The summed E-state index contributed by atoms with van der Waals surface area (Å²) < 4.78 is 15.5. The molecule has 0 amide bonds. The van der Waals surface area contributed by atoms with E-state index in [9.17, 15) is 4.39 Å². The quantitative estimate of drug-likeness (QED) is 0.765. The summed E-state index contributed by atoms with van der Waals surface area (Å²) >= 11 is 1.39. The summed E-state index contributed by atoms with van der Waals surface area (Å²) in [6.45, 7) is 0. The molecule has 5 nitrogen and oxygen atoms in total. The van der Waals surface area contributed by atoms with Gasteiger partial charge in [-0.2, -0.15) is 10.5 Å². The minimum atomic E-state index is -0.349. The van der Waals surface area contributed by atoms with Gasteiger partial charge in [0, 0.05) is 19.2 Å². The molecule has 112 valence electrons. The van der Waals surface area contributed by atoms with E-state index in [0.717, 1.165) is 0 Å². The van der Waals surface area contributed by atoms with E-state index in [1.54, 1.807) is 29.8 Å². The molecule has 0 saturated carbocycles. The fourth-order valence-corrected chi connectivity index (χ4v) is 2.89. The second kappa shape index (κ2) is 7.58. The predicted octanol–water partition coefficient (Wildman–Crippen LogP) is 3.16. The molecule has 1 aromatic heterocycles. The van der Waals surface area contributed by atoms with Crippen LogP contribution in [0.1, 0.15) is 12.8 Å². The minimum absolute atomic E-state index is 0.210. The number of rotatable bonds is 6. The number of hydrogen-bond acceptors (Lipinski definition) is 5. The number of halogens is 1. The van der Waals surface area contributed by atoms with Crippen LogP contribution in [0.3, 0.4) is 0 Å². The summed E-state index contributed by atoms with van der Waals surface area (Å²) in [4.78, 5) is 0. The van der Waals surface area contributed by atoms with Crippen molar-refractivity contribution in [1.29, 1.82) is 10.5 Å². The van der Waals surface area contributed by atoms with Crippen LogP contribution >= 0.6 is 11.8 Å². The summed E-state index contributed by atoms with van der Waals surface area (Å²) in [5.74, 6) is 0.421. The maximum atomic E-state index is 13.8. The van der Waals surface area contributed by atoms with Gasteiger partial charge in [0.15, 0.2) is 11.0 Å². The molecule has 22 heavy (non-hydrogen) atoms. The molecule has 0 fully saturated rings. The van der Waals surface area contributed by atoms with Gasteiger partial charge in [-0.15, -0.1) is 10.2 Å². The van der Waals surface area contributed by atoms with Crippen molar-refractivity contribution in [1.82, 2.24) is 14.8 Å². The van der Waals surface area contributed by atoms with Crippen LogP contribution in [0, 0.1) is 34.4 Å². The number of nitriles is 2. The van der Waals surface area contributed by atoms with Gasteiger partial charge in [-0.1, -0.05) is 23.9 Å². The van der Waals surface area contributed by atoms with Crippen molar-refractivity contribution < 1.29 is 4.39 Å². The second-order valence-corrected chi connectivity index (χ2v) is 5.67. The minimum Gasteiger partial charge on any atom is -0.305 e. The average molecular weight is 315 g/mol. The smallest absolute Gasteiger partial charge is 0.191 e. The fourth-order valence-electron chi connectivity index (χ4n) is 1.92. The lowest BCUT2D eigenvalue weighted by Gasteiger charge is -2.07. The maximum Gasteiger partial charge on any atom is 0.191 e. The molecule has 0 N–H and O–H groups in total. The monoisotopic (exact) mass is 315 g/mol. The lowest BCUT2D eigenvalue weighted by molar-refractivity contribution is 0.628. The molecule has 1 aromatic carbocycles. The summed E-state index contributed by atoms with van der Waals surface area (Å²) in [6.07, 6.45) is 0.899. The third kappa shape index (κ3) is 3.63. The van der Waals surface area contributed by atoms with E-state index in [2.05, 4.69) is 16.3 Å². The number of aromatic nitrogens is 3. The van der Waals surface area contributed by atoms with Crippen LogP contribution in [-0.2, 0) is 7.05 Å². The van der Waals surface area contributed by atoms with Crippen LogP contribution in [-0.4, -0.2) is 20.5 Å². The topological polar surface area (TPSA) is 78.3 Å². The number of benzene rings is 1. The molecule has 0 saturated heterocycles. The van der Waals surface area contributed by atoms with Gasteiger partial charge >= 0.3 is 0 Å². The highest BCUT2D eigenvalue weighted by atomic mass is 32.2. The first-order chi connectivity index (χ1) is 10.7. The molecular formula is C15H14FN5S. The van der Waals surface area contributed by atoms with Crippen molar-refractivity contribution in [3.8, 4) is 23.5 Å². The Kier molecular flexibility index (Phi) is 5.51. The molecule has 0 spiro atoms. The standard InChI is InChI=1S/C15H14FN5S/c1-21-14(12-6-2-3-7-13(12)16)19-20-15(21)22-10-11(9-18)5-4-8-17/h2-3,6-7,11H,4-5,10H2,1H3/t11-/m1/s1. The molecule has 0 radical (unpaired) electrons. The van der Waals surface area contributed by atoms with Gasteiger partial charge in [-0.25, -0.2) is 4.39 Å². The van der Waals surface area contributed by atoms with E-state index in [4.69, 9.17) is 10.5 Å². The van der Waals surface area contributed by atoms with Crippen molar-refractivity contribution in [2.45, 2.75) is 18.0 Å². The van der Waals surface area contributed by atoms with Crippen molar-refractivity contribution in [2.24, 2.45) is 13.0 Å². The normalized spacial score (nSPS) is 11.6. The Labute approximate surface area is 132 Å². The van der Waals surface area contributed by atoms with Crippen molar-refractivity contribution in [3.63, 3.8) is 0 Å². The number of thioether (sulfide) groups is 1. The Hall–Kier alpha value is -2.38. The highest BCUT2D eigenvalue weighted by Crippen LogP contribution is 2.26. The van der Waals surface area contributed by atoms with Crippen LogP contribution in [0.4, 0.5) is 4.39 Å². The zero-order valence-electron chi connectivity index (χ0n) is 12.0. The van der Waals surface area contributed by atoms with Gasteiger partial charge < -0.3 is 4.57 Å². The molecule has 0 aliphatic rings. The van der Waals surface area contributed by atoms with E-state index in [1.165, 1.54) is 17.8 Å². The first-order valence-corrected chi connectivity index (χ1v) is 7.69. The van der Waals surface area contributed by atoms with Gasteiger partial charge in [-0.05, 0) is 18.6 Å². The molecule has 0 unspecified atom stereocenters. The van der Waals surface area contributed by atoms with Gasteiger partial charge in [0.2, 0.25) is 0 Å². The molecule has 0 aliphatic heterocycles. The van der Waals surface area contributed by atoms with Gasteiger partial charge in [0.1, 0.15) is 5.82 Å². The lowest BCUT2D eigenvalue weighted by Crippen LogP contribution is -2.02. The Morgan fingerprint density at radius 1 is 1.32 bits per heavy atom. The number of hydrogen-bond donors (Lipinski definition) is 0. The molecule has 1 atom stereocenters. The summed E-state index contributed by atoms with van der Waals surface area (Å²) in [6, 6.07) is 10.6. The van der Waals surface area contributed by atoms with E-state index in [-0.39, 0.29) is 11.7 Å². The van der Waals surface area contributed by atoms with Crippen LogP contribution in [0.2, 0.25) is 0 Å². The highest BCUT2D eigenvalue weighted by Gasteiger charge is 2.16. The highest BCUT2D eigenvalue weighted by molar-refractivity contribution is 7.99. The first kappa shape index (κ1) is 16.0. The third-order valence-corrected chi connectivity index (χ3v) is 4.33. The molecule has 0 bridgehead atoms. The Morgan fingerprint density at radius 2 is 2.09 bits per heavy atom. The largest absolute Gasteiger partial charge is 0.305 e. The Morgan fingerprint density at radius 3 is 2.77 bits per heavy atom. The van der Waals surface area contributed by atoms with Gasteiger partial charge in [0.05, 0.1) is 23.6 Å². The van der Waals surface area contributed by atoms with E-state index >= 15 is 0 Å². The lowest BCUT2D eigenvalue weighted by atomic mass is 10.1. The molecule has 1 heterocycles. The molecule has 0 aliphatic carbocycles. The molecule has 7 heteroatoms. The van der Waals surface area contributed by atoms with Crippen LogP contribution in [0.25, 0.3) is 11.4 Å². The molecule has 2 rings (SSSR count). The average Bonchev–Trinajstić information content (AvgIpc) is 2.89. The zero-order chi connectivity index (χ0) is 15.9. The van der Waals surface area contributed by atoms with E-state index in [1.807, 2.05) is 6.07 Å².